The van der Waals surface area contributed by atoms with Crippen LogP contribution in [0.5, 0.6) is 5.75 Å². The Morgan fingerprint density at radius 1 is 1.07 bits per heavy atom. The summed E-state index contributed by atoms with van der Waals surface area (Å²) in [5.74, 6) is 0.460. The summed E-state index contributed by atoms with van der Waals surface area (Å²) >= 11 is 12.1. The molecule has 0 unspecified atom stereocenters. The normalized spacial score (nSPS) is 10.4. The summed E-state index contributed by atoms with van der Waals surface area (Å²) in [5.41, 5.74) is 1.55. The van der Waals surface area contributed by atoms with Gasteiger partial charge in [0.1, 0.15) is 12.1 Å². The number of nitrogens with one attached hydrogen (secondary N) is 2. The fourth-order valence-corrected chi connectivity index (χ4v) is 2.80. The average molecular weight is 420 g/mol. The summed E-state index contributed by atoms with van der Waals surface area (Å²) in [6, 6.07) is 10.1. The van der Waals surface area contributed by atoms with Crippen LogP contribution in [-0.4, -0.2) is 22.0 Å². The van der Waals surface area contributed by atoms with Gasteiger partial charge in [-0.3, -0.25) is 10.1 Å². The van der Waals surface area contributed by atoms with Gasteiger partial charge in [-0.15, -0.1) is 0 Å². The van der Waals surface area contributed by atoms with Crippen molar-refractivity contribution in [3.63, 3.8) is 0 Å². The minimum atomic E-state index is -0.572. The van der Waals surface area contributed by atoms with E-state index in [-0.39, 0.29) is 17.3 Å². The molecule has 0 aliphatic carbocycles. The lowest BCUT2D eigenvalue weighted by Gasteiger charge is -2.13. The van der Waals surface area contributed by atoms with Gasteiger partial charge in [0.25, 0.3) is 0 Å². The molecule has 0 saturated carbocycles. The molecule has 0 atom stereocenters. The number of halogens is 2. The number of hydrogen-bond donors (Lipinski definition) is 2. The molecule has 8 nitrogen and oxygen atoms in total. The van der Waals surface area contributed by atoms with Gasteiger partial charge in [-0.25, -0.2) is 9.97 Å². The molecule has 28 heavy (non-hydrogen) atoms. The molecular formula is C18H15Cl2N5O3. The van der Waals surface area contributed by atoms with Gasteiger partial charge in [0.15, 0.2) is 0 Å². The van der Waals surface area contributed by atoms with Crippen LogP contribution in [0.4, 0.5) is 28.7 Å². The van der Waals surface area contributed by atoms with E-state index in [0.717, 1.165) is 5.56 Å². The van der Waals surface area contributed by atoms with Crippen LogP contribution in [-0.2, 0) is 0 Å². The smallest absolute Gasteiger partial charge is 0.353 e. The van der Waals surface area contributed by atoms with Crippen molar-refractivity contribution in [2.75, 3.05) is 17.7 Å². The summed E-state index contributed by atoms with van der Waals surface area (Å²) in [6.45, 7) is 1.86. The molecule has 0 bridgehead atoms. The second-order valence-corrected chi connectivity index (χ2v) is 6.58. The molecule has 0 amide bonds. The summed E-state index contributed by atoms with van der Waals surface area (Å²) < 4.78 is 5.26. The number of aryl methyl sites for hydroxylation is 1. The highest BCUT2D eigenvalue weighted by Gasteiger charge is 2.24. The molecule has 0 saturated heterocycles. The second kappa shape index (κ2) is 8.28. The predicted octanol–water partition coefficient (Wildman–Crippen LogP) is 5.50. The SMILES string of the molecule is COc1ccc(Cl)cc1Nc1ncnc(Nc2ccc(C)c(Cl)c2)c1[N+](=O)[O-]. The molecule has 2 N–H and O–H groups in total. The lowest BCUT2D eigenvalue weighted by atomic mass is 10.2. The summed E-state index contributed by atoms with van der Waals surface area (Å²) in [5, 5.41) is 18.5. The Bertz CT molecular complexity index is 1050. The minimum Gasteiger partial charge on any atom is -0.495 e. The van der Waals surface area contributed by atoms with Crippen molar-refractivity contribution in [3.8, 4) is 5.75 Å². The fraction of sp³-hybridized carbons (Fsp3) is 0.111. The highest BCUT2D eigenvalue weighted by molar-refractivity contribution is 6.31. The third-order valence-electron chi connectivity index (χ3n) is 3.85. The number of benzene rings is 2. The second-order valence-electron chi connectivity index (χ2n) is 5.74. The van der Waals surface area contributed by atoms with E-state index in [1.54, 1.807) is 36.4 Å². The number of anilines is 4. The summed E-state index contributed by atoms with van der Waals surface area (Å²) in [6.07, 6.45) is 1.21. The molecule has 0 fully saturated rings. The minimum absolute atomic E-state index is 0.0127. The van der Waals surface area contributed by atoms with Gasteiger partial charge in [0, 0.05) is 15.7 Å². The van der Waals surface area contributed by atoms with Crippen molar-refractivity contribution in [1.29, 1.82) is 0 Å². The predicted molar refractivity (Wildman–Crippen MR) is 109 cm³/mol. The number of nitrogens with zero attached hydrogens (tertiary/aromatic N) is 3. The summed E-state index contributed by atoms with van der Waals surface area (Å²) in [4.78, 5) is 19.2. The lowest BCUT2D eigenvalue weighted by Crippen LogP contribution is -2.06. The molecule has 144 valence electrons. The Morgan fingerprint density at radius 3 is 2.43 bits per heavy atom. The molecule has 1 heterocycles. The first kappa shape index (κ1) is 19.7. The molecule has 1 aromatic heterocycles. The van der Waals surface area contributed by atoms with Crippen molar-refractivity contribution in [1.82, 2.24) is 9.97 Å². The Morgan fingerprint density at radius 2 is 1.79 bits per heavy atom. The van der Waals surface area contributed by atoms with E-state index in [4.69, 9.17) is 27.9 Å². The Hall–Kier alpha value is -3.10. The van der Waals surface area contributed by atoms with Crippen molar-refractivity contribution in [2.24, 2.45) is 0 Å². The van der Waals surface area contributed by atoms with Crippen LogP contribution in [0.2, 0.25) is 10.0 Å². The molecule has 10 heteroatoms. The van der Waals surface area contributed by atoms with Gasteiger partial charge < -0.3 is 15.4 Å². The quantitative estimate of drug-likeness (QED) is 0.401. The van der Waals surface area contributed by atoms with Gasteiger partial charge in [-0.05, 0) is 42.8 Å². The maximum absolute atomic E-state index is 11.7. The molecule has 2 aromatic carbocycles. The maximum Gasteiger partial charge on any atom is 0.353 e. The van der Waals surface area contributed by atoms with Crippen molar-refractivity contribution in [3.05, 3.63) is 68.4 Å². The van der Waals surface area contributed by atoms with Crippen molar-refractivity contribution < 1.29 is 9.66 Å². The standard InChI is InChI=1S/C18H15Cl2N5O3/c1-10-3-5-12(8-13(10)20)23-17-16(25(26)27)18(22-9-21-17)24-14-7-11(19)4-6-15(14)28-2/h3-9H,1-2H3,(H2,21,22,23,24). The van der Waals surface area contributed by atoms with E-state index in [9.17, 15) is 10.1 Å². The third kappa shape index (κ3) is 4.24. The van der Waals surface area contributed by atoms with Crippen molar-refractivity contribution in [2.45, 2.75) is 6.92 Å². The fourth-order valence-electron chi connectivity index (χ4n) is 2.45. The number of hydrogen-bond acceptors (Lipinski definition) is 7. The highest BCUT2D eigenvalue weighted by Crippen LogP contribution is 2.36. The van der Waals surface area contributed by atoms with E-state index in [2.05, 4.69) is 20.6 Å². The number of methoxy groups -OCH3 is 1. The van der Waals surface area contributed by atoms with E-state index < -0.39 is 4.92 Å². The van der Waals surface area contributed by atoms with Crippen molar-refractivity contribution >= 4 is 51.9 Å². The van der Waals surface area contributed by atoms with E-state index >= 15 is 0 Å². The molecular weight excluding hydrogens is 405 g/mol. The van der Waals surface area contributed by atoms with E-state index in [0.29, 0.717) is 27.2 Å². The number of aromatic nitrogens is 2. The van der Waals surface area contributed by atoms with Crippen LogP contribution in [0.15, 0.2) is 42.7 Å². The first-order valence-corrected chi connectivity index (χ1v) is 8.77. The molecule has 0 aliphatic heterocycles. The zero-order valence-electron chi connectivity index (χ0n) is 14.9. The van der Waals surface area contributed by atoms with Crippen LogP contribution in [0, 0.1) is 17.0 Å². The first-order valence-electron chi connectivity index (χ1n) is 8.02. The molecule has 0 aliphatic rings. The van der Waals surface area contributed by atoms with Crippen LogP contribution in [0.25, 0.3) is 0 Å². The molecule has 3 rings (SSSR count). The maximum atomic E-state index is 11.7. The third-order valence-corrected chi connectivity index (χ3v) is 4.50. The number of nitro groups is 1. The highest BCUT2D eigenvalue weighted by atomic mass is 35.5. The monoisotopic (exact) mass is 419 g/mol. The largest absolute Gasteiger partial charge is 0.495 e. The van der Waals surface area contributed by atoms with Gasteiger partial charge >= 0.3 is 5.69 Å². The Balaban J connectivity index is 2.01. The first-order chi connectivity index (χ1) is 13.4. The number of rotatable bonds is 6. The molecule has 0 radical (unpaired) electrons. The zero-order chi connectivity index (χ0) is 20.3. The van der Waals surface area contributed by atoms with Crippen LogP contribution >= 0.6 is 23.2 Å². The topological polar surface area (TPSA) is 102 Å². The summed E-state index contributed by atoms with van der Waals surface area (Å²) in [7, 11) is 1.48. The van der Waals surface area contributed by atoms with Crippen LogP contribution in [0.3, 0.4) is 0 Å². The van der Waals surface area contributed by atoms with Gasteiger partial charge in [0.05, 0.1) is 17.7 Å². The average Bonchev–Trinajstić information content (AvgIpc) is 2.65. The lowest BCUT2D eigenvalue weighted by molar-refractivity contribution is -0.383. The van der Waals surface area contributed by atoms with E-state index in [1.807, 2.05) is 6.92 Å². The van der Waals surface area contributed by atoms with Crippen LogP contribution in [0.1, 0.15) is 5.56 Å². The van der Waals surface area contributed by atoms with Gasteiger partial charge in [-0.1, -0.05) is 29.3 Å². The zero-order valence-corrected chi connectivity index (χ0v) is 16.4. The Labute approximate surface area is 170 Å². The molecule has 3 aromatic rings. The van der Waals surface area contributed by atoms with Gasteiger partial charge in [-0.2, -0.15) is 0 Å². The molecule has 0 spiro atoms. The van der Waals surface area contributed by atoms with E-state index in [1.165, 1.54) is 13.4 Å². The number of ether oxygens (including phenoxy) is 1. The van der Waals surface area contributed by atoms with Gasteiger partial charge in [0.2, 0.25) is 11.6 Å². The van der Waals surface area contributed by atoms with Crippen LogP contribution < -0.4 is 15.4 Å². The Kier molecular flexibility index (Phi) is 5.81.